The third-order valence-electron chi connectivity index (χ3n) is 2.73. The van der Waals surface area contributed by atoms with Gasteiger partial charge in [-0.25, -0.2) is 0 Å². The topological polar surface area (TPSA) is 41.9 Å². The molecule has 1 aromatic carbocycles. The summed E-state index contributed by atoms with van der Waals surface area (Å²) in [5.74, 6) is 1.62. The molecule has 0 aliphatic rings. The van der Waals surface area contributed by atoms with Crippen LogP contribution in [-0.4, -0.2) is 42.4 Å². The van der Waals surface area contributed by atoms with Crippen LogP contribution in [0.15, 0.2) is 18.2 Å². The van der Waals surface area contributed by atoms with Crippen LogP contribution in [0.2, 0.25) is 0 Å². The third-order valence-corrected chi connectivity index (χ3v) is 2.73. The molecule has 0 radical (unpaired) electrons. The highest BCUT2D eigenvalue weighted by Gasteiger charge is 2.17. The van der Waals surface area contributed by atoms with Gasteiger partial charge in [-0.15, -0.1) is 0 Å². The summed E-state index contributed by atoms with van der Waals surface area (Å²) in [5.41, 5.74) is 0.381. The smallest absolute Gasteiger partial charge is 0.127 e. The Hall–Kier alpha value is -1.26. The summed E-state index contributed by atoms with van der Waals surface area (Å²) in [6.45, 7) is 8.94. The fraction of sp³-hybridized carbons (Fsp3) is 0.625. The zero-order valence-corrected chi connectivity index (χ0v) is 13.4. The lowest BCUT2D eigenvalue weighted by Crippen LogP contribution is -2.35. The molecule has 0 aliphatic heterocycles. The summed E-state index contributed by atoms with van der Waals surface area (Å²) >= 11 is 0. The highest BCUT2D eigenvalue weighted by atomic mass is 16.5. The van der Waals surface area contributed by atoms with Gasteiger partial charge in [-0.3, -0.25) is 4.90 Å². The van der Waals surface area contributed by atoms with Gasteiger partial charge in [0, 0.05) is 24.7 Å². The first kappa shape index (κ1) is 16.8. The SMILES string of the molecule is COc1ccc(CN(C)CC(C)(C)O)c(OC(C)C)c1. The molecule has 0 atom stereocenters. The van der Waals surface area contributed by atoms with Crippen molar-refractivity contribution in [2.24, 2.45) is 0 Å². The second kappa shape index (κ2) is 6.95. The van der Waals surface area contributed by atoms with Crippen molar-refractivity contribution in [3.8, 4) is 11.5 Å². The van der Waals surface area contributed by atoms with Gasteiger partial charge in [0.25, 0.3) is 0 Å². The second-order valence-corrected chi connectivity index (χ2v) is 6.12. The van der Waals surface area contributed by atoms with E-state index in [4.69, 9.17) is 9.47 Å². The van der Waals surface area contributed by atoms with Gasteiger partial charge in [0.15, 0.2) is 0 Å². The van der Waals surface area contributed by atoms with E-state index in [1.807, 2.05) is 52.9 Å². The summed E-state index contributed by atoms with van der Waals surface area (Å²) in [7, 11) is 3.63. The molecule has 0 saturated carbocycles. The molecule has 0 aliphatic carbocycles. The molecule has 114 valence electrons. The molecule has 4 nitrogen and oxygen atoms in total. The molecule has 0 spiro atoms. The van der Waals surface area contributed by atoms with Gasteiger partial charge >= 0.3 is 0 Å². The maximum Gasteiger partial charge on any atom is 0.127 e. The van der Waals surface area contributed by atoms with Crippen LogP contribution in [0.3, 0.4) is 0 Å². The fourth-order valence-corrected chi connectivity index (χ4v) is 2.16. The molecule has 0 saturated heterocycles. The fourth-order valence-electron chi connectivity index (χ4n) is 2.16. The second-order valence-electron chi connectivity index (χ2n) is 6.12. The Balaban J connectivity index is 2.87. The van der Waals surface area contributed by atoms with E-state index in [0.717, 1.165) is 23.6 Å². The van der Waals surface area contributed by atoms with Crippen molar-refractivity contribution in [1.29, 1.82) is 0 Å². The van der Waals surface area contributed by atoms with E-state index in [1.54, 1.807) is 7.11 Å². The Morgan fingerprint density at radius 2 is 1.95 bits per heavy atom. The predicted octanol–water partition coefficient (Wildman–Crippen LogP) is 2.69. The molecule has 20 heavy (non-hydrogen) atoms. The predicted molar refractivity (Wildman–Crippen MR) is 81.4 cm³/mol. The lowest BCUT2D eigenvalue weighted by Gasteiger charge is -2.26. The standard InChI is InChI=1S/C16H27NO3/c1-12(2)20-15-9-14(19-6)8-7-13(15)10-17(5)11-16(3,4)18/h7-9,12,18H,10-11H2,1-6H3. The monoisotopic (exact) mass is 281 g/mol. The number of likely N-dealkylation sites (N-methyl/N-ethyl adjacent to an activating group) is 1. The van der Waals surface area contributed by atoms with Crippen molar-refractivity contribution in [2.45, 2.75) is 45.9 Å². The van der Waals surface area contributed by atoms with Crippen LogP contribution in [0, 0.1) is 0 Å². The van der Waals surface area contributed by atoms with E-state index in [2.05, 4.69) is 4.90 Å². The van der Waals surface area contributed by atoms with Crippen LogP contribution < -0.4 is 9.47 Å². The Labute approximate surface area is 122 Å². The highest BCUT2D eigenvalue weighted by molar-refractivity contribution is 5.40. The molecule has 0 fully saturated rings. The summed E-state index contributed by atoms with van der Waals surface area (Å²) in [6, 6.07) is 5.85. The van der Waals surface area contributed by atoms with Crippen LogP contribution in [-0.2, 0) is 6.54 Å². The molecule has 0 amide bonds. The van der Waals surface area contributed by atoms with Crippen molar-refractivity contribution in [3.05, 3.63) is 23.8 Å². The van der Waals surface area contributed by atoms with E-state index in [1.165, 1.54) is 0 Å². The number of nitrogens with zero attached hydrogens (tertiary/aromatic N) is 1. The van der Waals surface area contributed by atoms with E-state index in [0.29, 0.717) is 6.54 Å². The van der Waals surface area contributed by atoms with E-state index in [9.17, 15) is 5.11 Å². The maximum atomic E-state index is 9.87. The first-order chi connectivity index (χ1) is 9.21. The van der Waals surface area contributed by atoms with Gasteiger partial charge in [-0.05, 0) is 40.8 Å². The quantitative estimate of drug-likeness (QED) is 0.834. The molecule has 1 N–H and O–H groups in total. The first-order valence-corrected chi connectivity index (χ1v) is 6.96. The summed E-state index contributed by atoms with van der Waals surface area (Å²) in [5, 5.41) is 9.87. The number of hydrogen-bond acceptors (Lipinski definition) is 4. The molecule has 0 aromatic heterocycles. The summed E-state index contributed by atoms with van der Waals surface area (Å²) in [4.78, 5) is 2.08. The van der Waals surface area contributed by atoms with Crippen LogP contribution in [0.4, 0.5) is 0 Å². The van der Waals surface area contributed by atoms with Crippen molar-refractivity contribution in [1.82, 2.24) is 4.90 Å². The lowest BCUT2D eigenvalue weighted by atomic mass is 10.1. The zero-order valence-electron chi connectivity index (χ0n) is 13.4. The van der Waals surface area contributed by atoms with Crippen LogP contribution in [0.25, 0.3) is 0 Å². The van der Waals surface area contributed by atoms with Gasteiger partial charge < -0.3 is 14.6 Å². The average Bonchev–Trinajstić information content (AvgIpc) is 2.28. The van der Waals surface area contributed by atoms with Gasteiger partial charge in [-0.2, -0.15) is 0 Å². The summed E-state index contributed by atoms with van der Waals surface area (Å²) in [6.07, 6.45) is 0.112. The van der Waals surface area contributed by atoms with Crippen molar-refractivity contribution in [3.63, 3.8) is 0 Å². The number of hydrogen-bond donors (Lipinski definition) is 1. The Bertz CT molecular complexity index is 424. The van der Waals surface area contributed by atoms with E-state index >= 15 is 0 Å². The molecular weight excluding hydrogens is 254 g/mol. The Morgan fingerprint density at radius 3 is 2.45 bits per heavy atom. The van der Waals surface area contributed by atoms with Crippen LogP contribution in [0.5, 0.6) is 11.5 Å². The number of rotatable bonds is 7. The number of ether oxygens (including phenoxy) is 2. The normalized spacial score (nSPS) is 12.1. The molecule has 4 heteroatoms. The molecule has 1 aromatic rings. The molecule has 1 rings (SSSR count). The largest absolute Gasteiger partial charge is 0.497 e. The lowest BCUT2D eigenvalue weighted by molar-refractivity contribution is 0.0421. The first-order valence-electron chi connectivity index (χ1n) is 6.96. The maximum absolute atomic E-state index is 9.87. The zero-order chi connectivity index (χ0) is 15.3. The summed E-state index contributed by atoms with van der Waals surface area (Å²) < 4.78 is 11.1. The van der Waals surface area contributed by atoms with Gasteiger partial charge in [0.2, 0.25) is 0 Å². The van der Waals surface area contributed by atoms with Gasteiger partial charge in [0.1, 0.15) is 11.5 Å². The molecule has 0 unspecified atom stereocenters. The average molecular weight is 281 g/mol. The molecule has 0 bridgehead atoms. The minimum atomic E-state index is -0.708. The van der Waals surface area contributed by atoms with E-state index < -0.39 is 5.60 Å². The number of benzene rings is 1. The van der Waals surface area contributed by atoms with Crippen LogP contribution in [0.1, 0.15) is 33.3 Å². The number of methoxy groups -OCH3 is 1. The van der Waals surface area contributed by atoms with E-state index in [-0.39, 0.29) is 6.10 Å². The van der Waals surface area contributed by atoms with Crippen molar-refractivity contribution >= 4 is 0 Å². The minimum absolute atomic E-state index is 0.112. The highest BCUT2D eigenvalue weighted by Crippen LogP contribution is 2.27. The number of aliphatic hydroxyl groups is 1. The Morgan fingerprint density at radius 1 is 1.30 bits per heavy atom. The minimum Gasteiger partial charge on any atom is -0.497 e. The third kappa shape index (κ3) is 5.80. The van der Waals surface area contributed by atoms with Gasteiger partial charge in [0.05, 0.1) is 18.8 Å². The van der Waals surface area contributed by atoms with Crippen molar-refractivity contribution in [2.75, 3.05) is 20.7 Å². The van der Waals surface area contributed by atoms with Crippen molar-refractivity contribution < 1.29 is 14.6 Å². The Kier molecular flexibility index (Phi) is 5.84. The van der Waals surface area contributed by atoms with Crippen LogP contribution >= 0.6 is 0 Å². The van der Waals surface area contributed by atoms with Gasteiger partial charge in [-0.1, -0.05) is 6.07 Å². The molecular formula is C16H27NO3. The molecule has 0 heterocycles.